The third-order valence-corrected chi connectivity index (χ3v) is 7.28. The Hall–Kier alpha value is -2.66. The van der Waals surface area contributed by atoms with Gasteiger partial charge in [0.25, 0.3) is 0 Å². The van der Waals surface area contributed by atoms with Crippen molar-refractivity contribution in [2.75, 3.05) is 6.61 Å². The number of esters is 1. The highest BCUT2D eigenvalue weighted by Crippen LogP contribution is 2.54. The van der Waals surface area contributed by atoms with Gasteiger partial charge in [-0.15, -0.1) is 0 Å². The quantitative estimate of drug-likeness (QED) is 0.535. The lowest BCUT2D eigenvalue weighted by Crippen LogP contribution is -2.36. The van der Waals surface area contributed by atoms with Crippen molar-refractivity contribution in [3.63, 3.8) is 0 Å². The zero-order valence-electron chi connectivity index (χ0n) is 15.2. The Morgan fingerprint density at radius 1 is 1.15 bits per heavy atom. The number of hydrogen-bond acceptors (Lipinski definition) is 4. The molecule has 0 spiro atoms. The molecular weight excluding hydrogens is 360 g/mol. The fourth-order valence-corrected chi connectivity index (χ4v) is 5.28. The van der Waals surface area contributed by atoms with Crippen molar-refractivity contribution in [1.29, 1.82) is 0 Å². The van der Waals surface area contributed by atoms with Crippen molar-refractivity contribution in [2.24, 2.45) is 5.92 Å². The Morgan fingerprint density at radius 2 is 1.74 bits per heavy atom. The van der Waals surface area contributed by atoms with Gasteiger partial charge in [0.1, 0.15) is 0 Å². The van der Waals surface area contributed by atoms with E-state index in [1.807, 2.05) is 30.3 Å². The number of carbonyl (C=O) groups is 1. The smallest absolute Gasteiger partial charge is 0.328 e. The minimum atomic E-state index is -3.87. The van der Waals surface area contributed by atoms with E-state index in [-0.39, 0.29) is 17.9 Å². The van der Waals surface area contributed by atoms with E-state index in [0.29, 0.717) is 0 Å². The van der Waals surface area contributed by atoms with Gasteiger partial charge in [-0.3, -0.25) is 4.79 Å². The van der Waals surface area contributed by atoms with Gasteiger partial charge in [-0.2, -0.15) is 0 Å². The molecule has 1 saturated carbocycles. The van der Waals surface area contributed by atoms with Crippen molar-refractivity contribution in [2.45, 2.75) is 23.0 Å². The molecule has 2 aromatic rings. The molecule has 0 N–H and O–H groups in total. The standard InChI is InChI=1S/C22H22O4S/c1-3-26-21(23)22(27(24,25)20-12-8-5-9-13-20)16-19(22)15-14-17(2)18-10-6-4-7-11-18/h4-15,19H,2-3,16H2,1H3/b15-14+. The normalized spacial score (nSPS) is 21.7. The van der Waals surface area contributed by atoms with Gasteiger partial charge in [0.15, 0.2) is 14.6 Å². The van der Waals surface area contributed by atoms with Crippen LogP contribution in [0.5, 0.6) is 0 Å². The summed E-state index contributed by atoms with van der Waals surface area (Å²) in [4.78, 5) is 12.7. The Morgan fingerprint density at radius 3 is 2.33 bits per heavy atom. The summed E-state index contributed by atoms with van der Waals surface area (Å²) in [5, 5.41) is 0. The lowest BCUT2D eigenvalue weighted by Gasteiger charge is -2.16. The fourth-order valence-electron chi connectivity index (χ4n) is 3.19. The van der Waals surface area contributed by atoms with Crippen LogP contribution in [0.15, 0.2) is 84.3 Å². The van der Waals surface area contributed by atoms with Crippen molar-refractivity contribution in [3.8, 4) is 0 Å². The Labute approximate surface area is 160 Å². The molecule has 4 nitrogen and oxygen atoms in total. The maximum atomic E-state index is 13.2. The van der Waals surface area contributed by atoms with E-state index in [2.05, 4.69) is 6.58 Å². The Bertz CT molecular complexity index is 962. The topological polar surface area (TPSA) is 60.4 Å². The van der Waals surface area contributed by atoms with E-state index in [1.165, 1.54) is 12.1 Å². The highest BCUT2D eigenvalue weighted by Gasteiger charge is 2.69. The minimum Gasteiger partial charge on any atom is -0.465 e. The van der Waals surface area contributed by atoms with E-state index >= 15 is 0 Å². The molecule has 1 aliphatic rings. The molecule has 27 heavy (non-hydrogen) atoms. The zero-order chi connectivity index (χ0) is 19.5. The van der Waals surface area contributed by atoms with Crippen molar-refractivity contribution in [3.05, 3.63) is 85.0 Å². The van der Waals surface area contributed by atoms with Crippen molar-refractivity contribution < 1.29 is 17.9 Å². The van der Waals surface area contributed by atoms with Crippen LogP contribution in [0.4, 0.5) is 0 Å². The van der Waals surface area contributed by atoms with Crippen LogP contribution in [0.2, 0.25) is 0 Å². The Kier molecular flexibility index (Phi) is 5.33. The number of sulfone groups is 1. The molecule has 1 fully saturated rings. The second kappa shape index (κ2) is 7.53. The summed E-state index contributed by atoms with van der Waals surface area (Å²) in [6.07, 6.45) is 3.75. The maximum Gasteiger partial charge on any atom is 0.328 e. The Balaban J connectivity index is 1.90. The molecule has 0 heterocycles. The lowest BCUT2D eigenvalue weighted by molar-refractivity contribution is -0.143. The number of benzene rings is 2. The molecule has 0 amide bonds. The first-order chi connectivity index (χ1) is 12.9. The number of carbonyl (C=O) groups excluding carboxylic acids is 1. The van der Waals surface area contributed by atoms with Crippen LogP contribution >= 0.6 is 0 Å². The van der Waals surface area contributed by atoms with Crippen LogP contribution in [0.1, 0.15) is 18.9 Å². The van der Waals surface area contributed by atoms with E-state index in [0.717, 1.165) is 11.1 Å². The van der Waals surface area contributed by atoms with Crippen LogP contribution < -0.4 is 0 Å². The molecule has 0 radical (unpaired) electrons. The first-order valence-electron chi connectivity index (χ1n) is 8.83. The molecule has 0 saturated heterocycles. The molecule has 0 aliphatic heterocycles. The first kappa shape index (κ1) is 19.1. The van der Waals surface area contributed by atoms with Crippen molar-refractivity contribution in [1.82, 2.24) is 0 Å². The SMILES string of the molecule is C=C(/C=C/C1CC1(C(=O)OCC)S(=O)(=O)c1ccccc1)c1ccccc1. The summed E-state index contributed by atoms with van der Waals surface area (Å²) < 4.78 is 30.0. The molecule has 140 valence electrons. The van der Waals surface area contributed by atoms with Crippen LogP contribution in [-0.4, -0.2) is 25.7 Å². The molecule has 2 unspecified atom stereocenters. The van der Waals surface area contributed by atoms with E-state index in [9.17, 15) is 13.2 Å². The predicted octanol–water partition coefficient (Wildman–Crippen LogP) is 4.05. The molecule has 2 atom stereocenters. The van der Waals surface area contributed by atoms with Crippen molar-refractivity contribution >= 4 is 21.4 Å². The average molecular weight is 382 g/mol. The number of allylic oxidation sites excluding steroid dienone is 3. The predicted molar refractivity (Wildman–Crippen MR) is 106 cm³/mol. The van der Waals surface area contributed by atoms with Gasteiger partial charge in [-0.05, 0) is 36.6 Å². The number of ether oxygens (including phenoxy) is 1. The monoisotopic (exact) mass is 382 g/mol. The van der Waals surface area contributed by atoms with Gasteiger partial charge in [-0.25, -0.2) is 8.42 Å². The van der Waals surface area contributed by atoms with Gasteiger partial charge >= 0.3 is 5.97 Å². The summed E-state index contributed by atoms with van der Waals surface area (Å²) in [7, 11) is -3.87. The number of hydrogen-bond donors (Lipinski definition) is 0. The van der Waals surface area contributed by atoms with Gasteiger partial charge in [0.2, 0.25) is 0 Å². The molecule has 0 aromatic heterocycles. The lowest BCUT2D eigenvalue weighted by atomic mass is 10.1. The highest BCUT2D eigenvalue weighted by molar-refractivity contribution is 7.94. The maximum absolute atomic E-state index is 13.2. The van der Waals surface area contributed by atoms with E-state index < -0.39 is 26.5 Å². The van der Waals surface area contributed by atoms with Gasteiger partial charge in [0.05, 0.1) is 11.5 Å². The van der Waals surface area contributed by atoms with Gasteiger partial charge < -0.3 is 4.74 Å². The van der Waals surface area contributed by atoms with E-state index in [4.69, 9.17) is 4.74 Å². The molecule has 3 rings (SSSR count). The molecule has 0 bridgehead atoms. The average Bonchev–Trinajstić information content (AvgIpc) is 3.44. The third kappa shape index (κ3) is 3.47. The zero-order valence-corrected chi connectivity index (χ0v) is 16.0. The summed E-state index contributed by atoms with van der Waals surface area (Å²) in [6.45, 7) is 5.83. The first-order valence-corrected chi connectivity index (χ1v) is 10.3. The van der Waals surface area contributed by atoms with Gasteiger partial charge in [0, 0.05) is 5.92 Å². The molecule has 2 aromatic carbocycles. The second-order valence-corrected chi connectivity index (χ2v) is 8.69. The molecule has 5 heteroatoms. The number of rotatable bonds is 7. The second-order valence-electron chi connectivity index (χ2n) is 6.49. The summed E-state index contributed by atoms with van der Waals surface area (Å²) in [5.74, 6) is -1.13. The van der Waals surface area contributed by atoms with Crippen LogP contribution in [-0.2, 0) is 19.4 Å². The van der Waals surface area contributed by atoms with Crippen LogP contribution in [0.3, 0.4) is 0 Å². The van der Waals surface area contributed by atoms with Crippen LogP contribution in [0, 0.1) is 5.92 Å². The highest BCUT2D eigenvalue weighted by atomic mass is 32.2. The summed E-state index contributed by atoms with van der Waals surface area (Å²) in [6, 6.07) is 17.7. The van der Waals surface area contributed by atoms with E-state index in [1.54, 1.807) is 37.3 Å². The largest absolute Gasteiger partial charge is 0.465 e. The molecular formula is C22H22O4S. The fraction of sp³-hybridized carbons (Fsp3) is 0.227. The minimum absolute atomic E-state index is 0.135. The summed E-state index contributed by atoms with van der Waals surface area (Å²) >= 11 is 0. The summed E-state index contributed by atoms with van der Waals surface area (Å²) in [5.41, 5.74) is 1.71. The van der Waals surface area contributed by atoms with Gasteiger partial charge in [-0.1, -0.05) is 67.3 Å². The third-order valence-electron chi connectivity index (χ3n) is 4.79. The van der Waals surface area contributed by atoms with Crippen LogP contribution in [0.25, 0.3) is 5.57 Å². The molecule has 1 aliphatic carbocycles.